The molecular weight excluding hydrogens is 214 g/mol. The van der Waals surface area contributed by atoms with Crippen LogP contribution < -0.4 is 0 Å². The van der Waals surface area contributed by atoms with Crippen molar-refractivity contribution >= 4 is 5.91 Å². The number of hydrogen-bond acceptors (Lipinski definition) is 2. The van der Waals surface area contributed by atoms with Gasteiger partial charge in [0.2, 0.25) is 5.91 Å². The van der Waals surface area contributed by atoms with Crippen molar-refractivity contribution in [2.45, 2.75) is 13.6 Å². The highest BCUT2D eigenvalue weighted by molar-refractivity contribution is 5.72. The van der Waals surface area contributed by atoms with Gasteiger partial charge < -0.3 is 9.47 Å². The molecule has 0 radical (unpaired) electrons. The minimum Gasteiger partial charge on any atom is -0.328 e. The Labute approximate surface area is 101 Å². The van der Waals surface area contributed by atoms with Crippen molar-refractivity contribution in [2.75, 3.05) is 7.05 Å². The van der Waals surface area contributed by atoms with E-state index in [0.717, 1.165) is 11.4 Å². The molecule has 2 rings (SSSR count). The van der Waals surface area contributed by atoms with Gasteiger partial charge in [-0.3, -0.25) is 4.79 Å². The summed E-state index contributed by atoms with van der Waals surface area (Å²) in [5, 5.41) is 0. The number of aromatic nitrogens is 2. The first-order chi connectivity index (χ1) is 8.18. The summed E-state index contributed by atoms with van der Waals surface area (Å²) in [6.07, 6.45) is 3.62. The third-order valence-electron chi connectivity index (χ3n) is 2.65. The number of amides is 1. The molecule has 0 bridgehead atoms. The van der Waals surface area contributed by atoms with Crippen LogP contribution in [0, 0.1) is 0 Å². The van der Waals surface area contributed by atoms with Crippen LogP contribution in [0.2, 0.25) is 0 Å². The summed E-state index contributed by atoms with van der Waals surface area (Å²) in [7, 11) is 1.77. The molecule has 0 aliphatic rings. The van der Waals surface area contributed by atoms with Crippen LogP contribution in [0.4, 0.5) is 0 Å². The van der Waals surface area contributed by atoms with Gasteiger partial charge in [-0.05, 0) is 0 Å². The second-order valence-electron chi connectivity index (χ2n) is 3.95. The van der Waals surface area contributed by atoms with Gasteiger partial charge in [-0.25, -0.2) is 4.98 Å². The number of nitrogens with zero attached hydrogens (tertiary/aromatic N) is 3. The van der Waals surface area contributed by atoms with Crippen molar-refractivity contribution in [3.63, 3.8) is 0 Å². The fourth-order valence-corrected chi connectivity index (χ4v) is 1.60. The first-order valence-electron chi connectivity index (χ1n) is 5.47. The third-order valence-corrected chi connectivity index (χ3v) is 2.65. The van der Waals surface area contributed by atoms with Gasteiger partial charge in [-0.1, -0.05) is 30.3 Å². The lowest BCUT2D eigenvalue weighted by molar-refractivity contribution is -0.128. The Bertz CT molecular complexity index is 504. The SMILES string of the molecule is CC(=O)N(C)Cn1ccnc1-c1ccccc1. The molecule has 0 atom stereocenters. The zero-order valence-electron chi connectivity index (χ0n) is 10.00. The van der Waals surface area contributed by atoms with E-state index in [1.54, 1.807) is 25.1 Å². The summed E-state index contributed by atoms with van der Waals surface area (Å²) in [6.45, 7) is 2.07. The maximum Gasteiger partial charge on any atom is 0.220 e. The highest BCUT2D eigenvalue weighted by Crippen LogP contribution is 2.16. The average molecular weight is 229 g/mol. The van der Waals surface area contributed by atoms with Crippen LogP contribution in [0.1, 0.15) is 6.92 Å². The van der Waals surface area contributed by atoms with Gasteiger partial charge in [0.05, 0.1) is 6.67 Å². The average Bonchev–Trinajstić information content (AvgIpc) is 2.78. The summed E-state index contributed by atoms with van der Waals surface area (Å²) < 4.78 is 1.96. The van der Waals surface area contributed by atoms with Crippen LogP contribution >= 0.6 is 0 Å². The number of hydrogen-bond donors (Lipinski definition) is 0. The molecule has 2 aromatic rings. The molecule has 0 aliphatic heterocycles. The van der Waals surface area contributed by atoms with Crippen LogP contribution in [0.5, 0.6) is 0 Å². The number of carbonyl (C=O) groups is 1. The Kier molecular flexibility index (Phi) is 3.23. The normalized spacial score (nSPS) is 10.2. The highest BCUT2D eigenvalue weighted by atomic mass is 16.2. The van der Waals surface area contributed by atoms with Crippen molar-refractivity contribution in [3.8, 4) is 11.4 Å². The molecule has 4 heteroatoms. The van der Waals surface area contributed by atoms with Crippen LogP contribution in [0.25, 0.3) is 11.4 Å². The quantitative estimate of drug-likeness (QED) is 0.807. The van der Waals surface area contributed by atoms with Crippen LogP contribution in [0.15, 0.2) is 42.7 Å². The molecule has 1 amide bonds. The first kappa shape index (κ1) is 11.4. The molecule has 1 heterocycles. The third kappa shape index (κ3) is 2.53. The predicted octanol–water partition coefficient (Wildman–Crippen LogP) is 1.99. The van der Waals surface area contributed by atoms with E-state index >= 15 is 0 Å². The van der Waals surface area contributed by atoms with E-state index < -0.39 is 0 Å². The van der Waals surface area contributed by atoms with E-state index in [1.807, 2.05) is 41.1 Å². The molecule has 17 heavy (non-hydrogen) atoms. The predicted molar refractivity (Wildman–Crippen MR) is 66.1 cm³/mol. The summed E-state index contributed by atoms with van der Waals surface area (Å²) >= 11 is 0. The summed E-state index contributed by atoms with van der Waals surface area (Å²) in [5.41, 5.74) is 1.05. The van der Waals surface area contributed by atoms with E-state index in [9.17, 15) is 4.79 Å². The van der Waals surface area contributed by atoms with E-state index in [-0.39, 0.29) is 5.91 Å². The number of benzene rings is 1. The molecule has 1 aromatic carbocycles. The fraction of sp³-hybridized carbons (Fsp3) is 0.231. The molecule has 0 saturated carbocycles. The largest absolute Gasteiger partial charge is 0.328 e. The molecule has 88 valence electrons. The van der Waals surface area contributed by atoms with E-state index in [2.05, 4.69) is 4.98 Å². The van der Waals surface area contributed by atoms with Gasteiger partial charge in [-0.2, -0.15) is 0 Å². The molecule has 1 aromatic heterocycles. The standard InChI is InChI=1S/C13H15N3O/c1-11(17)15(2)10-16-9-8-14-13(16)12-6-4-3-5-7-12/h3-9H,10H2,1-2H3. The van der Waals surface area contributed by atoms with Crippen molar-refractivity contribution in [1.29, 1.82) is 0 Å². The van der Waals surface area contributed by atoms with E-state index in [1.165, 1.54) is 0 Å². The lowest BCUT2D eigenvalue weighted by Crippen LogP contribution is -2.26. The first-order valence-corrected chi connectivity index (χ1v) is 5.47. The molecule has 4 nitrogen and oxygen atoms in total. The summed E-state index contributed by atoms with van der Waals surface area (Å²) in [5.74, 6) is 0.913. The van der Waals surface area contributed by atoms with Gasteiger partial charge in [0, 0.05) is 31.9 Å². The highest BCUT2D eigenvalue weighted by Gasteiger charge is 2.08. The second-order valence-corrected chi connectivity index (χ2v) is 3.95. The van der Waals surface area contributed by atoms with Gasteiger partial charge in [0.25, 0.3) is 0 Å². The van der Waals surface area contributed by atoms with Gasteiger partial charge in [-0.15, -0.1) is 0 Å². The zero-order chi connectivity index (χ0) is 12.3. The Morgan fingerprint density at radius 3 is 2.71 bits per heavy atom. The Morgan fingerprint density at radius 1 is 1.35 bits per heavy atom. The summed E-state index contributed by atoms with van der Waals surface area (Å²) in [4.78, 5) is 17.2. The lowest BCUT2D eigenvalue weighted by atomic mass is 10.2. The molecule has 0 unspecified atom stereocenters. The van der Waals surface area contributed by atoms with E-state index in [4.69, 9.17) is 0 Å². The molecule has 0 N–H and O–H groups in total. The van der Waals surface area contributed by atoms with Crippen LogP contribution in [-0.2, 0) is 11.5 Å². The maximum absolute atomic E-state index is 11.2. The van der Waals surface area contributed by atoms with Gasteiger partial charge in [0.15, 0.2) is 0 Å². The zero-order valence-corrected chi connectivity index (χ0v) is 10.00. The molecular formula is C13H15N3O. The molecule has 0 aliphatic carbocycles. The summed E-state index contributed by atoms with van der Waals surface area (Å²) in [6, 6.07) is 9.93. The van der Waals surface area contributed by atoms with Crippen LogP contribution in [-0.4, -0.2) is 27.4 Å². The Morgan fingerprint density at radius 2 is 2.06 bits per heavy atom. The number of imidazole rings is 1. The van der Waals surface area contributed by atoms with Crippen molar-refractivity contribution in [1.82, 2.24) is 14.5 Å². The topological polar surface area (TPSA) is 38.1 Å². The molecule has 0 spiro atoms. The maximum atomic E-state index is 11.2. The van der Waals surface area contributed by atoms with Crippen molar-refractivity contribution < 1.29 is 4.79 Å². The van der Waals surface area contributed by atoms with Gasteiger partial charge >= 0.3 is 0 Å². The molecule has 0 saturated heterocycles. The smallest absolute Gasteiger partial charge is 0.220 e. The minimum absolute atomic E-state index is 0.0395. The molecule has 0 fully saturated rings. The van der Waals surface area contributed by atoms with Gasteiger partial charge in [0.1, 0.15) is 5.82 Å². The van der Waals surface area contributed by atoms with Crippen LogP contribution in [0.3, 0.4) is 0 Å². The second kappa shape index (κ2) is 4.82. The lowest BCUT2D eigenvalue weighted by Gasteiger charge is -2.17. The Balaban J connectivity index is 2.26. The monoisotopic (exact) mass is 229 g/mol. The number of carbonyl (C=O) groups excluding carboxylic acids is 1. The van der Waals surface area contributed by atoms with E-state index in [0.29, 0.717) is 6.67 Å². The fourth-order valence-electron chi connectivity index (χ4n) is 1.60. The number of rotatable bonds is 3. The Hall–Kier alpha value is -2.10. The minimum atomic E-state index is 0.0395. The van der Waals surface area contributed by atoms with Crippen molar-refractivity contribution in [3.05, 3.63) is 42.7 Å². The van der Waals surface area contributed by atoms with Crippen molar-refractivity contribution in [2.24, 2.45) is 0 Å².